The summed E-state index contributed by atoms with van der Waals surface area (Å²) in [6, 6.07) is 8.97. The molecule has 0 aromatic heterocycles. The van der Waals surface area contributed by atoms with Crippen molar-refractivity contribution in [2.24, 2.45) is 5.41 Å². The highest BCUT2D eigenvalue weighted by molar-refractivity contribution is 5.85. The molecule has 0 amide bonds. The average molecular weight is 226 g/mol. The predicted molar refractivity (Wildman–Crippen MR) is 67.8 cm³/mol. The number of halogens is 1. The second-order valence-corrected chi connectivity index (χ2v) is 5.08. The molecule has 0 bridgehead atoms. The summed E-state index contributed by atoms with van der Waals surface area (Å²) >= 11 is 0. The summed E-state index contributed by atoms with van der Waals surface area (Å²) in [5.41, 5.74) is 3.22. The van der Waals surface area contributed by atoms with Gasteiger partial charge >= 0.3 is 0 Å². The van der Waals surface area contributed by atoms with Crippen molar-refractivity contribution in [1.29, 1.82) is 0 Å². The molecule has 1 nitrogen and oxygen atoms in total. The van der Waals surface area contributed by atoms with Crippen LogP contribution in [0.5, 0.6) is 0 Å². The van der Waals surface area contributed by atoms with Gasteiger partial charge in [-0.3, -0.25) is 0 Å². The molecule has 1 aliphatic heterocycles. The van der Waals surface area contributed by atoms with E-state index in [0.717, 1.165) is 13.1 Å². The van der Waals surface area contributed by atoms with E-state index in [1.54, 1.807) is 0 Å². The van der Waals surface area contributed by atoms with Crippen LogP contribution in [-0.4, -0.2) is 13.1 Å². The summed E-state index contributed by atoms with van der Waals surface area (Å²) in [6.45, 7) is 9.08. The molecule has 1 aromatic carbocycles. The van der Waals surface area contributed by atoms with Gasteiger partial charge in [-0.2, -0.15) is 0 Å². The van der Waals surface area contributed by atoms with Crippen molar-refractivity contribution >= 4 is 12.4 Å². The minimum absolute atomic E-state index is 0. The first-order valence-electron chi connectivity index (χ1n) is 5.37. The summed E-state index contributed by atoms with van der Waals surface area (Å²) in [5, 5.41) is 3.48. The first kappa shape index (κ1) is 12.5. The zero-order valence-electron chi connectivity index (χ0n) is 9.71. The van der Waals surface area contributed by atoms with Gasteiger partial charge in [0.15, 0.2) is 0 Å². The molecule has 0 radical (unpaired) electrons. The van der Waals surface area contributed by atoms with Crippen molar-refractivity contribution in [3.8, 4) is 0 Å². The second-order valence-electron chi connectivity index (χ2n) is 5.08. The molecule has 0 aliphatic carbocycles. The van der Waals surface area contributed by atoms with E-state index in [-0.39, 0.29) is 12.4 Å². The summed E-state index contributed by atoms with van der Waals surface area (Å²) in [5.74, 6) is 0.670. The molecule has 1 unspecified atom stereocenters. The molecule has 1 saturated heterocycles. The maximum absolute atomic E-state index is 3.48. The van der Waals surface area contributed by atoms with Gasteiger partial charge in [-0.15, -0.1) is 12.4 Å². The summed E-state index contributed by atoms with van der Waals surface area (Å²) in [4.78, 5) is 0. The number of rotatable bonds is 1. The van der Waals surface area contributed by atoms with Gasteiger partial charge in [-0.1, -0.05) is 43.7 Å². The average Bonchev–Trinajstić information content (AvgIpc) is 2.47. The topological polar surface area (TPSA) is 12.0 Å². The number of benzene rings is 1. The van der Waals surface area contributed by atoms with Crippen LogP contribution in [-0.2, 0) is 0 Å². The molecular weight excluding hydrogens is 206 g/mol. The Hall–Kier alpha value is -0.530. The smallest absolute Gasteiger partial charge is 0.00267 e. The van der Waals surface area contributed by atoms with Crippen LogP contribution in [0.1, 0.15) is 30.9 Å². The molecule has 0 saturated carbocycles. The Labute approximate surface area is 98.7 Å². The van der Waals surface area contributed by atoms with Gasteiger partial charge in [0.2, 0.25) is 0 Å². The number of hydrogen-bond donors (Lipinski definition) is 1. The van der Waals surface area contributed by atoms with Crippen LogP contribution in [0.2, 0.25) is 0 Å². The molecule has 1 fully saturated rings. The van der Waals surface area contributed by atoms with Crippen LogP contribution in [0.25, 0.3) is 0 Å². The van der Waals surface area contributed by atoms with Crippen molar-refractivity contribution in [3.63, 3.8) is 0 Å². The molecule has 1 atom stereocenters. The van der Waals surface area contributed by atoms with E-state index in [1.807, 2.05) is 0 Å². The fourth-order valence-electron chi connectivity index (χ4n) is 2.31. The van der Waals surface area contributed by atoms with Crippen LogP contribution in [0, 0.1) is 12.3 Å². The Morgan fingerprint density at radius 2 is 1.80 bits per heavy atom. The van der Waals surface area contributed by atoms with E-state index in [2.05, 4.69) is 50.4 Å². The maximum atomic E-state index is 3.48. The van der Waals surface area contributed by atoms with Gasteiger partial charge in [0.1, 0.15) is 0 Å². The molecule has 1 aromatic rings. The quantitative estimate of drug-likeness (QED) is 0.775. The predicted octanol–water partition coefficient (Wildman–Crippen LogP) is 3.13. The lowest BCUT2D eigenvalue weighted by Gasteiger charge is -2.26. The number of hydrogen-bond acceptors (Lipinski definition) is 1. The van der Waals surface area contributed by atoms with Gasteiger partial charge in [-0.25, -0.2) is 0 Å². The van der Waals surface area contributed by atoms with E-state index in [4.69, 9.17) is 0 Å². The van der Waals surface area contributed by atoms with E-state index < -0.39 is 0 Å². The van der Waals surface area contributed by atoms with E-state index in [0.29, 0.717) is 11.3 Å². The van der Waals surface area contributed by atoms with Gasteiger partial charge < -0.3 is 5.32 Å². The Kier molecular flexibility index (Phi) is 3.80. The molecule has 0 spiro atoms. The third kappa shape index (κ3) is 2.53. The first-order valence-corrected chi connectivity index (χ1v) is 5.37. The first-order chi connectivity index (χ1) is 6.59. The summed E-state index contributed by atoms with van der Waals surface area (Å²) in [7, 11) is 0. The zero-order valence-corrected chi connectivity index (χ0v) is 10.5. The number of nitrogens with one attached hydrogen (secondary N) is 1. The molecule has 1 heterocycles. The van der Waals surface area contributed by atoms with Crippen molar-refractivity contribution < 1.29 is 0 Å². The van der Waals surface area contributed by atoms with Gasteiger partial charge in [0.25, 0.3) is 0 Å². The lowest BCUT2D eigenvalue weighted by molar-refractivity contribution is 0.363. The monoisotopic (exact) mass is 225 g/mol. The standard InChI is InChI=1S/C13H19N.ClH/c1-10-4-6-11(7-5-10)12-8-14-9-13(12,2)3;/h4-7,12,14H,8-9H2,1-3H3;1H. The fourth-order valence-corrected chi connectivity index (χ4v) is 2.31. The molecule has 84 valence electrons. The van der Waals surface area contributed by atoms with E-state index >= 15 is 0 Å². The highest BCUT2D eigenvalue weighted by atomic mass is 35.5. The lowest BCUT2D eigenvalue weighted by Crippen LogP contribution is -2.20. The minimum atomic E-state index is 0. The van der Waals surface area contributed by atoms with Gasteiger partial charge in [0, 0.05) is 19.0 Å². The van der Waals surface area contributed by atoms with Crippen molar-refractivity contribution in [2.75, 3.05) is 13.1 Å². The summed E-state index contributed by atoms with van der Waals surface area (Å²) in [6.07, 6.45) is 0. The second kappa shape index (κ2) is 4.54. The Balaban J connectivity index is 0.00000112. The van der Waals surface area contributed by atoms with Crippen LogP contribution in [0.4, 0.5) is 0 Å². The minimum Gasteiger partial charge on any atom is -0.316 e. The van der Waals surface area contributed by atoms with Crippen molar-refractivity contribution in [2.45, 2.75) is 26.7 Å². The van der Waals surface area contributed by atoms with Crippen LogP contribution in [0.15, 0.2) is 24.3 Å². The maximum Gasteiger partial charge on any atom is 0.00267 e. The molecule has 2 rings (SSSR count). The lowest BCUT2D eigenvalue weighted by atomic mass is 9.78. The normalized spacial score (nSPS) is 23.5. The van der Waals surface area contributed by atoms with Crippen LogP contribution in [0.3, 0.4) is 0 Å². The van der Waals surface area contributed by atoms with Gasteiger partial charge in [0.05, 0.1) is 0 Å². The highest BCUT2D eigenvalue weighted by Crippen LogP contribution is 2.38. The fraction of sp³-hybridized carbons (Fsp3) is 0.538. The van der Waals surface area contributed by atoms with E-state index in [9.17, 15) is 0 Å². The SMILES string of the molecule is Cc1ccc(C2CNCC2(C)C)cc1.Cl. The molecule has 1 N–H and O–H groups in total. The third-order valence-electron chi connectivity index (χ3n) is 3.35. The largest absolute Gasteiger partial charge is 0.316 e. The van der Waals surface area contributed by atoms with E-state index in [1.165, 1.54) is 11.1 Å². The van der Waals surface area contributed by atoms with Crippen LogP contribution >= 0.6 is 12.4 Å². The molecule has 1 aliphatic rings. The number of aryl methyl sites for hydroxylation is 1. The Morgan fingerprint density at radius 1 is 1.20 bits per heavy atom. The third-order valence-corrected chi connectivity index (χ3v) is 3.35. The molecule has 15 heavy (non-hydrogen) atoms. The molecule has 2 heteroatoms. The zero-order chi connectivity index (χ0) is 10.2. The van der Waals surface area contributed by atoms with Crippen LogP contribution < -0.4 is 5.32 Å². The Bertz CT molecular complexity index is 316. The molecular formula is C13H20ClN. The van der Waals surface area contributed by atoms with Crippen molar-refractivity contribution in [1.82, 2.24) is 5.32 Å². The highest BCUT2D eigenvalue weighted by Gasteiger charge is 2.35. The Morgan fingerprint density at radius 3 is 2.27 bits per heavy atom. The van der Waals surface area contributed by atoms with Gasteiger partial charge in [-0.05, 0) is 17.9 Å². The summed E-state index contributed by atoms with van der Waals surface area (Å²) < 4.78 is 0. The van der Waals surface area contributed by atoms with Crippen molar-refractivity contribution in [3.05, 3.63) is 35.4 Å².